The normalized spacial score (nSPS) is 12.4. The van der Waals surface area contributed by atoms with Gasteiger partial charge in [0.15, 0.2) is 0 Å². The van der Waals surface area contributed by atoms with Crippen molar-refractivity contribution in [2.45, 2.75) is 90.5 Å². The van der Waals surface area contributed by atoms with Crippen LogP contribution < -0.4 is 11.1 Å². The lowest BCUT2D eigenvalue weighted by atomic mass is 10.1. The molecule has 0 aromatic carbocycles. The van der Waals surface area contributed by atoms with Crippen LogP contribution in [0.15, 0.2) is 0 Å². The van der Waals surface area contributed by atoms with Crippen molar-refractivity contribution in [1.29, 1.82) is 0 Å². The summed E-state index contributed by atoms with van der Waals surface area (Å²) in [5, 5.41) is 2.99. The molecule has 0 aromatic heterocycles. The first-order chi connectivity index (χ1) is 9.20. The first-order valence-corrected chi connectivity index (χ1v) is 8.20. The summed E-state index contributed by atoms with van der Waals surface area (Å²) in [4.78, 5) is 11.6. The van der Waals surface area contributed by atoms with E-state index in [2.05, 4.69) is 12.2 Å². The Balaban J connectivity index is 3.23. The zero-order valence-corrected chi connectivity index (χ0v) is 13.0. The summed E-state index contributed by atoms with van der Waals surface area (Å²) in [5.74, 6) is 0.184. The van der Waals surface area contributed by atoms with Gasteiger partial charge in [-0.1, -0.05) is 58.3 Å². The first-order valence-electron chi connectivity index (χ1n) is 8.20. The molecule has 0 bridgehead atoms. The summed E-state index contributed by atoms with van der Waals surface area (Å²) in [7, 11) is 0. The SMILES string of the molecule is CCCCCCCCCCCC(=O)NC(C)CCN. The van der Waals surface area contributed by atoms with E-state index < -0.39 is 0 Å². The smallest absolute Gasteiger partial charge is 0.220 e. The van der Waals surface area contributed by atoms with E-state index in [1.165, 1.54) is 51.4 Å². The highest BCUT2D eigenvalue weighted by atomic mass is 16.1. The number of nitrogens with one attached hydrogen (secondary N) is 1. The fourth-order valence-corrected chi connectivity index (χ4v) is 2.27. The maximum absolute atomic E-state index is 11.6. The van der Waals surface area contributed by atoms with Gasteiger partial charge in [0, 0.05) is 12.5 Å². The van der Waals surface area contributed by atoms with Crippen LogP contribution in [0.25, 0.3) is 0 Å². The summed E-state index contributed by atoms with van der Waals surface area (Å²) >= 11 is 0. The second-order valence-electron chi connectivity index (χ2n) is 5.62. The highest BCUT2D eigenvalue weighted by Crippen LogP contribution is 2.10. The average molecular weight is 270 g/mol. The molecular weight excluding hydrogens is 236 g/mol. The van der Waals surface area contributed by atoms with Crippen molar-refractivity contribution in [2.75, 3.05) is 6.54 Å². The zero-order valence-electron chi connectivity index (χ0n) is 13.0. The lowest BCUT2D eigenvalue weighted by Gasteiger charge is -2.12. The topological polar surface area (TPSA) is 55.1 Å². The lowest BCUT2D eigenvalue weighted by Crippen LogP contribution is -2.33. The minimum atomic E-state index is 0.184. The first kappa shape index (κ1) is 18.4. The Morgan fingerprint density at radius 3 is 2.05 bits per heavy atom. The highest BCUT2D eigenvalue weighted by Gasteiger charge is 2.05. The number of amides is 1. The predicted molar refractivity (Wildman–Crippen MR) is 83.1 cm³/mol. The van der Waals surface area contributed by atoms with Crippen molar-refractivity contribution in [3.63, 3.8) is 0 Å². The number of carbonyl (C=O) groups excluding carboxylic acids is 1. The van der Waals surface area contributed by atoms with E-state index in [0.717, 1.165) is 12.8 Å². The molecule has 3 N–H and O–H groups in total. The summed E-state index contributed by atoms with van der Waals surface area (Å²) < 4.78 is 0. The number of carbonyl (C=O) groups is 1. The van der Waals surface area contributed by atoms with Crippen molar-refractivity contribution in [1.82, 2.24) is 5.32 Å². The molecular formula is C16H34N2O. The molecule has 19 heavy (non-hydrogen) atoms. The molecule has 0 rings (SSSR count). The third-order valence-electron chi connectivity index (χ3n) is 3.51. The molecule has 0 heterocycles. The molecule has 0 aromatic rings. The second kappa shape index (κ2) is 13.9. The fourth-order valence-electron chi connectivity index (χ4n) is 2.27. The van der Waals surface area contributed by atoms with Gasteiger partial charge in [-0.2, -0.15) is 0 Å². The van der Waals surface area contributed by atoms with Crippen LogP contribution in [0.5, 0.6) is 0 Å². The Labute approximate surface area is 119 Å². The van der Waals surface area contributed by atoms with E-state index in [0.29, 0.717) is 13.0 Å². The van der Waals surface area contributed by atoms with E-state index in [4.69, 9.17) is 5.73 Å². The molecule has 1 unspecified atom stereocenters. The summed E-state index contributed by atoms with van der Waals surface area (Å²) in [6.07, 6.45) is 13.2. The molecule has 3 heteroatoms. The Bertz CT molecular complexity index is 207. The quantitative estimate of drug-likeness (QED) is 0.501. The standard InChI is InChI=1S/C16H34N2O/c1-3-4-5-6-7-8-9-10-11-12-16(19)18-15(2)13-14-17/h15H,3-14,17H2,1-2H3,(H,18,19). The van der Waals surface area contributed by atoms with E-state index in [1.54, 1.807) is 0 Å². The summed E-state index contributed by atoms with van der Waals surface area (Å²) in [6.45, 7) is 4.90. The van der Waals surface area contributed by atoms with Crippen LogP contribution in [0.1, 0.15) is 84.5 Å². The molecule has 0 fully saturated rings. The molecule has 0 aliphatic heterocycles. The van der Waals surface area contributed by atoms with Gasteiger partial charge in [0.2, 0.25) is 5.91 Å². The van der Waals surface area contributed by atoms with Crippen LogP contribution in [0.3, 0.4) is 0 Å². The second-order valence-corrected chi connectivity index (χ2v) is 5.62. The van der Waals surface area contributed by atoms with Crippen LogP contribution in [0.2, 0.25) is 0 Å². The molecule has 0 aliphatic rings. The van der Waals surface area contributed by atoms with Gasteiger partial charge in [-0.25, -0.2) is 0 Å². The monoisotopic (exact) mass is 270 g/mol. The third-order valence-corrected chi connectivity index (χ3v) is 3.51. The maximum Gasteiger partial charge on any atom is 0.220 e. The van der Waals surface area contributed by atoms with Crippen molar-refractivity contribution in [2.24, 2.45) is 5.73 Å². The lowest BCUT2D eigenvalue weighted by molar-refractivity contribution is -0.121. The Hall–Kier alpha value is -0.570. The molecule has 1 atom stereocenters. The largest absolute Gasteiger partial charge is 0.354 e. The highest BCUT2D eigenvalue weighted by molar-refractivity contribution is 5.76. The van der Waals surface area contributed by atoms with Crippen molar-refractivity contribution >= 4 is 5.91 Å². The molecule has 3 nitrogen and oxygen atoms in total. The van der Waals surface area contributed by atoms with Gasteiger partial charge in [0.05, 0.1) is 0 Å². The predicted octanol–water partition coefficient (Wildman–Crippen LogP) is 3.76. The Kier molecular flexibility index (Phi) is 13.4. The zero-order chi connectivity index (χ0) is 14.3. The van der Waals surface area contributed by atoms with Crippen LogP contribution in [-0.4, -0.2) is 18.5 Å². The van der Waals surface area contributed by atoms with Gasteiger partial charge < -0.3 is 11.1 Å². The number of unbranched alkanes of at least 4 members (excludes halogenated alkanes) is 8. The van der Waals surface area contributed by atoms with Crippen LogP contribution in [0.4, 0.5) is 0 Å². The van der Waals surface area contributed by atoms with Crippen molar-refractivity contribution < 1.29 is 4.79 Å². The summed E-state index contributed by atoms with van der Waals surface area (Å²) in [6, 6.07) is 0.219. The van der Waals surface area contributed by atoms with Gasteiger partial charge in [0.1, 0.15) is 0 Å². The average Bonchev–Trinajstić information content (AvgIpc) is 2.37. The maximum atomic E-state index is 11.6. The minimum absolute atomic E-state index is 0.184. The third kappa shape index (κ3) is 13.7. The number of hydrogen-bond acceptors (Lipinski definition) is 2. The van der Waals surface area contributed by atoms with E-state index >= 15 is 0 Å². The van der Waals surface area contributed by atoms with Gasteiger partial charge >= 0.3 is 0 Å². The molecule has 0 spiro atoms. The fraction of sp³-hybridized carbons (Fsp3) is 0.938. The van der Waals surface area contributed by atoms with Crippen LogP contribution in [-0.2, 0) is 4.79 Å². The Morgan fingerprint density at radius 1 is 1.00 bits per heavy atom. The van der Waals surface area contributed by atoms with Crippen LogP contribution >= 0.6 is 0 Å². The van der Waals surface area contributed by atoms with Gasteiger partial charge in [-0.3, -0.25) is 4.79 Å². The molecule has 0 saturated carbocycles. The molecule has 0 radical (unpaired) electrons. The van der Waals surface area contributed by atoms with E-state index in [-0.39, 0.29) is 11.9 Å². The minimum Gasteiger partial charge on any atom is -0.354 e. The van der Waals surface area contributed by atoms with E-state index in [1.807, 2.05) is 6.92 Å². The van der Waals surface area contributed by atoms with E-state index in [9.17, 15) is 4.79 Å². The number of rotatable bonds is 13. The number of nitrogens with two attached hydrogens (primary N) is 1. The summed E-state index contributed by atoms with van der Waals surface area (Å²) in [5.41, 5.74) is 5.45. The van der Waals surface area contributed by atoms with Gasteiger partial charge in [0.25, 0.3) is 0 Å². The van der Waals surface area contributed by atoms with Crippen LogP contribution in [0, 0.1) is 0 Å². The van der Waals surface area contributed by atoms with Gasteiger partial charge in [-0.15, -0.1) is 0 Å². The molecule has 0 saturated heterocycles. The molecule has 1 amide bonds. The van der Waals surface area contributed by atoms with Gasteiger partial charge in [-0.05, 0) is 26.3 Å². The Morgan fingerprint density at radius 2 is 1.53 bits per heavy atom. The van der Waals surface area contributed by atoms with Crippen molar-refractivity contribution in [3.8, 4) is 0 Å². The molecule has 114 valence electrons. The molecule has 0 aliphatic carbocycles. The number of hydrogen-bond donors (Lipinski definition) is 2. The van der Waals surface area contributed by atoms with Crippen molar-refractivity contribution in [3.05, 3.63) is 0 Å².